The average molecular weight is 277 g/mol. The maximum atomic E-state index is 5.81. The number of nitrogens with one attached hydrogen (secondary N) is 1. The SMILES string of the molecule is CCCNC(c1ccsc1C)c1c(C)oc(C)c1C. The second-order valence-corrected chi connectivity index (χ2v) is 6.19. The van der Waals surface area contributed by atoms with Gasteiger partial charge in [0.1, 0.15) is 11.5 Å². The van der Waals surface area contributed by atoms with Crippen LogP contribution in [-0.2, 0) is 0 Å². The molecule has 2 rings (SSSR count). The zero-order valence-electron chi connectivity index (χ0n) is 12.5. The van der Waals surface area contributed by atoms with Crippen molar-refractivity contribution in [1.29, 1.82) is 0 Å². The summed E-state index contributed by atoms with van der Waals surface area (Å²) in [7, 11) is 0. The van der Waals surface area contributed by atoms with E-state index in [-0.39, 0.29) is 6.04 Å². The van der Waals surface area contributed by atoms with Gasteiger partial charge in [-0.2, -0.15) is 0 Å². The molecule has 19 heavy (non-hydrogen) atoms. The van der Waals surface area contributed by atoms with Crippen molar-refractivity contribution >= 4 is 11.3 Å². The van der Waals surface area contributed by atoms with Gasteiger partial charge in [0.2, 0.25) is 0 Å². The van der Waals surface area contributed by atoms with Gasteiger partial charge in [-0.05, 0) is 63.2 Å². The van der Waals surface area contributed by atoms with E-state index >= 15 is 0 Å². The minimum absolute atomic E-state index is 0.253. The van der Waals surface area contributed by atoms with E-state index < -0.39 is 0 Å². The van der Waals surface area contributed by atoms with E-state index in [1.807, 2.05) is 18.3 Å². The summed E-state index contributed by atoms with van der Waals surface area (Å²) in [6.45, 7) is 11.7. The lowest BCUT2D eigenvalue weighted by Crippen LogP contribution is -2.24. The maximum Gasteiger partial charge on any atom is 0.106 e. The Hall–Kier alpha value is -1.06. The Labute approximate surface area is 119 Å². The van der Waals surface area contributed by atoms with E-state index in [0.717, 1.165) is 24.5 Å². The fourth-order valence-corrected chi connectivity index (χ4v) is 3.33. The molecule has 0 aliphatic rings. The van der Waals surface area contributed by atoms with Crippen LogP contribution in [0.4, 0.5) is 0 Å². The van der Waals surface area contributed by atoms with Gasteiger partial charge in [0.05, 0.1) is 6.04 Å². The molecule has 0 aromatic carbocycles. The lowest BCUT2D eigenvalue weighted by atomic mass is 9.96. The van der Waals surface area contributed by atoms with Crippen molar-refractivity contribution in [2.75, 3.05) is 6.54 Å². The van der Waals surface area contributed by atoms with Crippen molar-refractivity contribution in [3.05, 3.63) is 44.5 Å². The molecule has 0 saturated heterocycles. The fourth-order valence-electron chi connectivity index (χ4n) is 2.59. The summed E-state index contributed by atoms with van der Waals surface area (Å²) in [6, 6.07) is 2.48. The van der Waals surface area contributed by atoms with Crippen LogP contribution in [0.3, 0.4) is 0 Å². The van der Waals surface area contributed by atoms with Gasteiger partial charge in [0, 0.05) is 10.4 Å². The number of hydrogen-bond donors (Lipinski definition) is 1. The van der Waals surface area contributed by atoms with E-state index in [9.17, 15) is 0 Å². The van der Waals surface area contributed by atoms with Gasteiger partial charge in [-0.1, -0.05) is 6.92 Å². The fraction of sp³-hybridized carbons (Fsp3) is 0.500. The van der Waals surface area contributed by atoms with E-state index in [1.165, 1.54) is 21.6 Å². The molecule has 2 heterocycles. The monoisotopic (exact) mass is 277 g/mol. The number of thiophene rings is 1. The average Bonchev–Trinajstić information content (AvgIpc) is 2.88. The number of hydrogen-bond acceptors (Lipinski definition) is 3. The molecular weight excluding hydrogens is 254 g/mol. The summed E-state index contributed by atoms with van der Waals surface area (Å²) in [5.74, 6) is 2.07. The quantitative estimate of drug-likeness (QED) is 0.859. The highest BCUT2D eigenvalue weighted by Gasteiger charge is 2.23. The minimum atomic E-state index is 0.253. The van der Waals surface area contributed by atoms with Crippen LogP contribution < -0.4 is 5.32 Å². The highest BCUT2D eigenvalue weighted by molar-refractivity contribution is 7.10. The zero-order chi connectivity index (χ0) is 14.0. The Bertz CT molecular complexity index is 553. The normalized spacial score (nSPS) is 12.9. The van der Waals surface area contributed by atoms with Gasteiger partial charge in [-0.3, -0.25) is 0 Å². The molecule has 2 nitrogen and oxygen atoms in total. The largest absolute Gasteiger partial charge is 0.466 e. The molecule has 1 N–H and O–H groups in total. The Balaban J connectivity index is 2.46. The van der Waals surface area contributed by atoms with E-state index in [0.29, 0.717) is 0 Å². The molecule has 104 valence electrons. The first kappa shape index (κ1) is 14.4. The van der Waals surface area contributed by atoms with Crippen LogP contribution in [0.5, 0.6) is 0 Å². The first-order valence-electron chi connectivity index (χ1n) is 6.90. The second kappa shape index (κ2) is 5.93. The van der Waals surface area contributed by atoms with E-state index in [2.05, 4.69) is 44.5 Å². The molecule has 0 bridgehead atoms. The molecule has 2 aromatic heterocycles. The molecule has 0 amide bonds. The highest BCUT2D eigenvalue weighted by atomic mass is 32.1. The van der Waals surface area contributed by atoms with Crippen molar-refractivity contribution in [1.82, 2.24) is 5.32 Å². The molecule has 0 aliphatic heterocycles. The molecular formula is C16H23NOS. The van der Waals surface area contributed by atoms with Gasteiger partial charge in [0.25, 0.3) is 0 Å². The standard InChI is InChI=1S/C16H23NOS/c1-6-8-17-16(14-7-9-19-13(14)5)15-10(2)11(3)18-12(15)4/h7,9,16-17H,6,8H2,1-5H3. The van der Waals surface area contributed by atoms with Gasteiger partial charge >= 0.3 is 0 Å². The summed E-state index contributed by atoms with van der Waals surface area (Å²) in [6.07, 6.45) is 1.13. The molecule has 1 atom stereocenters. The van der Waals surface area contributed by atoms with Crippen LogP contribution in [0.2, 0.25) is 0 Å². The molecule has 0 aliphatic carbocycles. The summed E-state index contributed by atoms with van der Waals surface area (Å²) in [5, 5.41) is 5.84. The van der Waals surface area contributed by atoms with Crippen molar-refractivity contribution < 1.29 is 4.42 Å². The number of rotatable bonds is 5. The molecule has 0 radical (unpaired) electrons. The predicted molar refractivity (Wildman–Crippen MR) is 82.1 cm³/mol. The van der Waals surface area contributed by atoms with Gasteiger partial charge in [-0.15, -0.1) is 11.3 Å². The smallest absolute Gasteiger partial charge is 0.106 e. The van der Waals surface area contributed by atoms with Crippen molar-refractivity contribution in [2.45, 2.75) is 47.1 Å². The third-order valence-electron chi connectivity index (χ3n) is 3.71. The lowest BCUT2D eigenvalue weighted by Gasteiger charge is -2.19. The highest BCUT2D eigenvalue weighted by Crippen LogP contribution is 2.34. The molecule has 2 aromatic rings. The van der Waals surface area contributed by atoms with Crippen LogP contribution in [0.1, 0.15) is 52.5 Å². The van der Waals surface area contributed by atoms with Gasteiger partial charge in [0.15, 0.2) is 0 Å². The Morgan fingerprint density at radius 3 is 2.42 bits per heavy atom. The van der Waals surface area contributed by atoms with Crippen molar-refractivity contribution in [3.8, 4) is 0 Å². The number of furan rings is 1. The van der Waals surface area contributed by atoms with Crippen molar-refractivity contribution in [2.24, 2.45) is 0 Å². The Kier molecular flexibility index (Phi) is 4.48. The third kappa shape index (κ3) is 2.77. The van der Waals surface area contributed by atoms with Crippen LogP contribution in [0, 0.1) is 27.7 Å². The first-order valence-corrected chi connectivity index (χ1v) is 7.78. The molecule has 1 unspecified atom stereocenters. The Morgan fingerprint density at radius 2 is 1.95 bits per heavy atom. The van der Waals surface area contributed by atoms with Crippen LogP contribution in [-0.4, -0.2) is 6.54 Å². The minimum Gasteiger partial charge on any atom is -0.466 e. The second-order valence-electron chi connectivity index (χ2n) is 5.07. The summed E-state index contributed by atoms with van der Waals surface area (Å²) in [5.41, 5.74) is 3.97. The molecule has 0 fully saturated rings. The third-order valence-corrected chi connectivity index (χ3v) is 4.58. The van der Waals surface area contributed by atoms with Crippen LogP contribution in [0.25, 0.3) is 0 Å². The molecule has 0 spiro atoms. The summed E-state index contributed by atoms with van der Waals surface area (Å²) < 4.78 is 5.81. The summed E-state index contributed by atoms with van der Waals surface area (Å²) in [4.78, 5) is 1.38. The van der Waals surface area contributed by atoms with E-state index in [4.69, 9.17) is 4.42 Å². The van der Waals surface area contributed by atoms with Gasteiger partial charge in [-0.25, -0.2) is 0 Å². The van der Waals surface area contributed by atoms with Crippen LogP contribution in [0.15, 0.2) is 15.9 Å². The first-order chi connectivity index (χ1) is 9.06. The number of aryl methyl sites for hydroxylation is 3. The van der Waals surface area contributed by atoms with Crippen molar-refractivity contribution in [3.63, 3.8) is 0 Å². The van der Waals surface area contributed by atoms with Gasteiger partial charge < -0.3 is 9.73 Å². The Morgan fingerprint density at radius 1 is 1.21 bits per heavy atom. The lowest BCUT2D eigenvalue weighted by molar-refractivity contribution is 0.493. The summed E-state index contributed by atoms with van der Waals surface area (Å²) >= 11 is 1.81. The zero-order valence-corrected chi connectivity index (χ0v) is 13.3. The maximum absolute atomic E-state index is 5.81. The van der Waals surface area contributed by atoms with E-state index in [1.54, 1.807) is 0 Å². The topological polar surface area (TPSA) is 25.2 Å². The van der Waals surface area contributed by atoms with Crippen LogP contribution >= 0.6 is 11.3 Å². The predicted octanol–water partition coefficient (Wildman–Crippen LogP) is 4.66. The molecule has 0 saturated carbocycles. The molecule has 3 heteroatoms.